The van der Waals surface area contributed by atoms with E-state index in [0.717, 1.165) is 5.69 Å². The lowest BCUT2D eigenvalue weighted by Gasteiger charge is -2.01. The number of aryl methyl sites for hydroxylation is 1. The Bertz CT molecular complexity index is 336. The zero-order valence-corrected chi connectivity index (χ0v) is 8.41. The molecule has 0 aromatic heterocycles. The fraction of sp³-hybridized carbons (Fsp3) is 0.222. The van der Waals surface area contributed by atoms with E-state index in [9.17, 15) is 4.39 Å². The summed E-state index contributed by atoms with van der Waals surface area (Å²) in [6, 6.07) is 4.80. The molecule has 0 radical (unpaired) electrons. The van der Waals surface area contributed by atoms with Crippen LogP contribution >= 0.6 is 0 Å². The lowest BCUT2D eigenvalue weighted by molar-refractivity contribution is 0.619. The van der Waals surface area contributed by atoms with Crippen LogP contribution in [0, 0.1) is 12.7 Å². The van der Waals surface area contributed by atoms with Crippen LogP contribution in [-0.2, 0) is 11.4 Å². The first-order valence-electron chi connectivity index (χ1n) is 3.83. The Morgan fingerprint density at radius 3 is 2.77 bits per heavy atom. The minimum Gasteiger partial charge on any atom is -0.298 e. The van der Waals surface area contributed by atoms with E-state index in [-0.39, 0.29) is 5.82 Å². The third kappa shape index (κ3) is 2.75. The highest BCUT2D eigenvalue weighted by Crippen LogP contribution is 2.12. The van der Waals surface area contributed by atoms with E-state index in [2.05, 4.69) is 5.32 Å². The van der Waals surface area contributed by atoms with Gasteiger partial charge in [-0.25, -0.2) is 10.1 Å². The highest BCUT2D eigenvalue weighted by atomic mass is 32.1. The van der Waals surface area contributed by atoms with Crippen LogP contribution in [0.2, 0.25) is 0 Å². The Kier molecular flexibility index (Phi) is 3.33. The monoisotopic (exact) mass is 199 g/mol. The minimum atomic E-state index is -0.201. The van der Waals surface area contributed by atoms with Gasteiger partial charge in [-0.3, -0.25) is 5.32 Å². The quantitative estimate of drug-likeness (QED) is 0.528. The van der Waals surface area contributed by atoms with Gasteiger partial charge in [0.2, 0.25) is 11.4 Å². The van der Waals surface area contributed by atoms with Crippen molar-refractivity contribution < 1.29 is 4.39 Å². The Hall–Kier alpha value is -1.00. The van der Waals surface area contributed by atoms with Crippen LogP contribution in [0.4, 0.5) is 10.1 Å². The molecule has 2 nitrogen and oxygen atoms in total. The summed E-state index contributed by atoms with van der Waals surface area (Å²) >= 11 is 1.42. The maximum absolute atomic E-state index is 12.8. The maximum atomic E-state index is 12.8. The second-order valence-corrected chi connectivity index (χ2v) is 3.51. The molecule has 70 valence electrons. The summed E-state index contributed by atoms with van der Waals surface area (Å²) in [4.78, 5) is 0. The maximum Gasteiger partial charge on any atom is 0.342 e. The number of rotatable bonds is 1. The summed E-state index contributed by atoms with van der Waals surface area (Å²) in [5, 5.41) is 3.55. The number of halogens is 1. The first-order valence-corrected chi connectivity index (χ1v) is 5.05. The molecular formula is C9H12FN2S+. The normalized spacial score (nSPS) is 11.5. The van der Waals surface area contributed by atoms with Gasteiger partial charge in [-0.05, 0) is 30.7 Å². The molecule has 0 saturated heterocycles. The first-order chi connectivity index (χ1) is 6.13. The van der Waals surface area contributed by atoms with Gasteiger partial charge in [-0.15, -0.1) is 0 Å². The smallest absolute Gasteiger partial charge is 0.298 e. The van der Waals surface area contributed by atoms with Crippen LogP contribution in [0.15, 0.2) is 18.2 Å². The van der Waals surface area contributed by atoms with Gasteiger partial charge >= 0.3 is 5.11 Å². The van der Waals surface area contributed by atoms with E-state index < -0.39 is 0 Å². The fourth-order valence-electron chi connectivity index (χ4n) is 0.916. The first kappa shape index (κ1) is 10.1. The Morgan fingerprint density at radius 1 is 1.54 bits per heavy atom. The molecule has 0 unspecified atom stereocenters. The van der Waals surface area contributed by atoms with Crippen molar-refractivity contribution in [1.29, 1.82) is 0 Å². The summed E-state index contributed by atoms with van der Waals surface area (Å²) in [5.41, 5.74) is 6.99. The average Bonchev–Trinajstić information content (AvgIpc) is 2.11. The van der Waals surface area contributed by atoms with Crippen LogP contribution in [0.25, 0.3) is 0 Å². The van der Waals surface area contributed by atoms with Crippen molar-refractivity contribution >= 4 is 22.2 Å². The molecule has 0 heterocycles. The molecule has 0 spiro atoms. The molecule has 0 atom stereocenters. The van der Waals surface area contributed by atoms with E-state index in [4.69, 9.17) is 5.73 Å². The van der Waals surface area contributed by atoms with Gasteiger partial charge < -0.3 is 0 Å². The van der Waals surface area contributed by atoms with Crippen molar-refractivity contribution in [1.82, 2.24) is 0 Å². The van der Waals surface area contributed by atoms with Crippen molar-refractivity contribution in [2.45, 2.75) is 6.92 Å². The summed E-state index contributed by atoms with van der Waals surface area (Å²) in [5.74, 6) is -0.201. The van der Waals surface area contributed by atoms with Crippen molar-refractivity contribution in [3.8, 4) is 0 Å². The van der Waals surface area contributed by atoms with Gasteiger partial charge in [-0.1, -0.05) is 0 Å². The highest BCUT2D eigenvalue weighted by Gasteiger charge is 2.02. The van der Waals surface area contributed by atoms with E-state index in [1.165, 1.54) is 17.4 Å². The van der Waals surface area contributed by atoms with Crippen molar-refractivity contribution in [3.63, 3.8) is 0 Å². The largest absolute Gasteiger partial charge is 0.342 e. The number of benzene rings is 1. The zero-order chi connectivity index (χ0) is 9.84. The molecule has 0 aliphatic rings. The number of hydrogen-bond acceptors (Lipinski definition) is 0. The molecular weight excluding hydrogens is 187 g/mol. The summed E-state index contributed by atoms with van der Waals surface area (Å²) in [6.45, 7) is 1.72. The number of nitrogens with two attached hydrogens (primary N) is 1. The standard InChI is InChI=1S/C9H12FN2S/c1-6-5-7(3-4-8(6)10)12-9(11)13-2/h3-5,12H,11H2,1-2H3/q+1. The summed E-state index contributed by atoms with van der Waals surface area (Å²) in [7, 11) is 0. The lowest BCUT2D eigenvalue weighted by atomic mass is 10.2. The summed E-state index contributed by atoms with van der Waals surface area (Å²) < 4.78 is 12.8. The minimum absolute atomic E-state index is 0.201. The van der Waals surface area contributed by atoms with E-state index in [1.54, 1.807) is 19.1 Å². The highest BCUT2D eigenvalue weighted by molar-refractivity contribution is 7.78. The third-order valence-electron chi connectivity index (χ3n) is 1.65. The SMILES string of the molecule is C/[S+]=C(\N)Nc1ccc(F)c(C)c1. The van der Waals surface area contributed by atoms with Gasteiger partial charge in [0.1, 0.15) is 5.82 Å². The molecule has 1 aromatic carbocycles. The molecule has 0 saturated carbocycles. The Labute approximate surface area is 80.9 Å². The van der Waals surface area contributed by atoms with Crippen molar-refractivity contribution in [3.05, 3.63) is 29.6 Å². The van der Waals surface area contributed by atoms with Crippen LogP contribution in [-0.4, -0.2) is 11.4 Å². The lowest BCUT2D eigenvalue weighted by Crippen LogP contribution is -2.22. The van der Waals surface area contributed by atoms with E-state index >= 15 is 0 Å². The molecule has 4 heteroatoms. The molecule has 0 amide bonds. The number of hydrogen-bond donors (Lipinski definition) is 2. The van der Waals surface area contributed by atoms with Crippen LogP contribution < -0.4 is 11.1 Å². The van der Waals surface area contributed by atoms with Gasteiger partial charge in [0.05, 0.1) is 0 Å². The molecule has 0 bridgehead atoms. The molecule has 3 N–H and O–H groups in total. The van der Waals surface area contributed by atoms with Gasteiger partial charge in [-0.2, -0.15) is 0 Å². The van der Waals surface area contributed by atoms with Crippen LogP contribution in [0.3, 0.4) is 0 Å². The molecule has 1 aromatic rings. The van der Waals surface area contributed by atoms with Crippen LogP contribution in [0.5, 0.6) is 0 Å². The zero-order valence-electron chi connectivity index (χ0n) is 7.60. The topological polar surface area (TPSA) is 38.0 Å². The second kappa shape index (κ2) is 4.30. The number of anilines is 1. The van der Waals surface area contributed by atoms with Crippen molar-refractivity contribution in [2.24, 2.45) is 5.73 Å². The van der Waals surface area contributed by atoms with Gasteiger partial charge in [0, 0.05) is 5.69 Å². The molecule has 0 fully saturated rings. The predicted octanol–water partition coefficient (Wildman–Crippen LogP) is 1.30. The van der Waals surface area contributed by atoms with E-state index in [0.29, 0.717) is 10.7 Å². The molecule has 0 aliphatic heterocycles. The Morgan fingerprint density at radius 2 is 2.23 bits per heavy atom. The van der Waals surface area contributed by atoms with Gasteiger partial charge in [0.15, 0.2) is 6.26 Å². The predicted molar refractivity (Wildman–Crippen MR) is 57.2 cm³/mol. The number of nitrogens with one attached hydrogen (secondary N) is 1. The molecule has 13 heavy (non-hydrogen) atoms. The average molecular weight is 199 g/mol. The Balaban J connectivity index is 2.86. The molecule has 0 aliphatic carbocycles. The third-order valence-corrected chi connectivity index (χ3v) is 2.19. The summed E-state index contributed by atoms with van der Waals surface area (Å²) in [6.07, 6.45) is 1.87. The van der Waals surface area contributed by atoms with E-state index in [1.807, 2.05) is 6.26 Å². The van der Waals surface area contributed by atoms with Crippen LogP contribution in [0.1, 0.15) is 5.56 Å². The fourth-order valence-corrected chi connectivity index (χ4v) is 1.14. The van der Waals surface area contributed by atoms with Crippen molar-refractivity contribution in [2.75, 3.05) is 11.6 Å². The second-order valence-electron chi connectivity index (χ2n) is 2.66. The molecule has 1 rings (SSSR count). The van der Waals surface area contributed by atoms with Gasteiger partial charge in [0.25, 0.3) is 0 Å².